The summed E-state index contributed by atoms with van der Waals surface area (Å²) >= 11 is 0. The number of nitrogens with zero attached hydrogens (tertiary/aromatic N) is 1. The molecule has 0 saturated heterocycles. The van der Waals surface area contributed by atoms with Crippen molar-refractivity contribution in [1.82, 2.24) is 4.98 Å². The van der Waals surface area contributed by atoms with Gasteiger partial charge in [0.1, 0.15) is 5.75 Å². The summed E-state index contributed by atoms with van der Waals surface area (Å²) in [5, 5.41) is 9.06. The molecule has 4 nitrogen and oxygen atoms in total. The molecular weight excluding hydrogens is 242 g/mol. The minimum atomic E-state index is -1.11. The second-order valence-electron chi connectivity index (χ2n) is 3.80. The van der Waals surface area contributed by atoms with Gasteiger partial charge in [0.2, 0.25) is 0 Å². The molecule has 0 fully saturated rings. The van der Waals surface area contributed by atoms with Crippen LogP contribution in [0, 0.1) is 0 Å². The zero-order valence-electron chi connectivity index (χ0n) is 10.4. The number of carboxylic acids is 1. The van der Waals surface area contributed by atoms with E-state index in [-0.39, 0.29) is 11.4 Å². The molecule has 96 valence electrons. The Balaban J connectivity index is 2.39. The highest BCUT2D eigenvalue weighted by atomic mass is 16.5. The smallest absolute Gasteiger partial charge is 0.358 e. The molecule has 19 heavy (non-hydrogen) atoms. The van der Waals surface area contributed by atoms with Crippen molar-refractivity contribution in [2.75, 3.05) is 0 Å². The lowest BCUT2D eigenvalue weighted by Gasteiger charge is -2.10. The predicted molar refractivity (Wildman–Crippen MR) is 72.4 cm³/mol. The average Bonchev–Trinajstić information content (AvgIpc) is 2.42. The number of aromatic nitrogens is 1. The predicted octanol–water partition coefficient (Wildman–Crippen LogP) is 3.61. The van der Waals surface area contributed by atoms with E-state index in [1.54, 1.807) is 18.2 Å². The number of allylic oxidation sites excluding steroid dienone is 1. The number of ether oxygens (including phenoxy) is 1. The van der Waals surface area contributed by atoms with Crippen LogP contribution in [0.1, 0.15) is 23.0 Å². The molecule has 0 saturated carbocycles. The molecule has 1 heterocycles. The first-order valence-corrected chi connectivity index (χ1v) is 5.80. The molecule has 0 spiro atoms. The number of benzene rings is 1. The molecule has 0 bridgehead atoms. The number of carbonyl (C=O) groups is 1. The minimum absolute atomic E-state index is 0.0993. The Bertz CT molecular complexity index is 620. The average molecular weight is 255 g/mol. The maximum Gasteiger partial charge on any atom is 0.358 e. The fourth-order valence-corrected chi connectivity index (χ4v) is 1.64. The van der Waals surface area contributed by atoms with E-state index in [1.807, 2.05) is 37.3 Å². The summed E-state index contributed by atoms with van der Waals surface area (Å²) in [5.41, 5.74) is 0.781. The van der Waals surface area contributed by atoms with Gasteiger partial charge < -0.3 is 9.84 Å². The summed E-state index contributed by atoms with van der Waals surface area (Å²) in [6.45, 7) is 1.91. The standard InChI is InChI=1S/C15H13NO3/c1-2-6-11-7-3-4-8-12(11)19-13-9-5-10-16-14(13)15(17)18/h2-10H,1H3,(H,17,18)/b6-2+. The maximum atomic E-state index is 11.1. The fourth-order valence-electron chi connectivity index (χ4n) is 1.64. The van der Waals surface area contributed by atoms with E-state index in [0.29, 0.717) is 5.75 Å². The Labute approximate surface area is 111 Å². The van der Waals surface area contributed by atoms with Crippen molar-refractivity contribution >= 4 is 12.0 Å². The van der Waals surface area contributed by atoms with E-state index >= 15 is 0 Å². The summed E-state index contributed by atoms with van der Waals surface area (Å²) in [7, 11) is 0. The number of hydrogen-bond donors (Lipinski definition) is 1. The molecule has 2 rings (SSSR count). The molecule has 0 radical (unpaired) electrons. The van der Waals surface area contributed by atoms with Crippen molar-refractivity contribution in [2.45, 2.75) is 6.92 Å². The second-order valence-corrected chi connectivity index (χ2v) is 3.80. The minimum Gasteiger partial charge on any atom is -0.476 e. The molecule has 0 unspecified atom stereocenters. The van der Waals surface area contributed by atoms with Crippen molar-refractivity contribution in [2.24, 2.45) is 0 Å². The van der Waals surface area contributed by atoms with Crippen LogP contribution in [-0.2, 0) is 0 Å². The third kappa shape index (κ3) is 2.98. The first-order chi connectivity index (χ1) is 9.22. The molecular formula is C15H13NO3. The Morgan fingerprint density at radius 2 is 1.95 bits per heavy atom. The second kappa shape index (κ2) is 5.82. The van der Waals surface area contributed by atoms with Crippen LogP contribution in [0.2, 0.25) is 0 Å². The van der Waals surface area contributed by atoms with Gasteiger partial charge in [-0.05, 0) is 25.1 Å². The van der Waals surface area contributed by atoms with Crippen LogP contribution in [0.25, 0.3) is 6.08 Å². The van der Waals surface area contributed by atoms with Crippen LogP contribution in [-0.4, -0.2) is 16.1 Å². The zero-order chi connectivity index (χ0) is 13.7. The highest BCUT2D eigenvalue weighted by molar-refractivity contribution is 5.88. The van der Waals surface area contributed by atoms with Crippen LogP contribution in [0.15, 0.2) is 48.7 Å². The van der Waals surface area contributed by atoms with Gasteiger partial charge in [-0.1, -0.05) is 30.4 Å². The number of para-hydroxylation sites is 1. The lowest BCUT2D eigenvalue weighted by molar-refractivity contribution is 0.0687. The molecule has 4 heteroatoms. The summed E-state index contributed by atoms with van der Waals surface area (Å²) < 4.78 is 5.66. The Hall–Kier alpha value is -2.62. The van der Waals surface area contributed by atoms with Crippen LogP contribution in [0.3, 0.4) is 0 Å². The summed E-state index contributed by atoms with van der Waals surface area (Å²) in [5.74, 6) is -0.290. The Morgan fingerprint density at radius 1 is 1.21 bits per heavy atom. The van der Waals surface area contributed by atoms with Crippen molar-refractivity contribution in [1.29, 1.82) is 0 Å². The van der Waals surface area contributed by atoms with Gasteiger partial charge in [-0.2, -0.15) is 0 Å². The van der Waals surface area contributed by atoms with Gasteiger partial charge in [0.05, 0.1) is 0 Å². The van der Waals surface area contributed by atoms with Crippen LogP contribution < -0.4 is 4.74 Å². The molecule has 1 N–H and O–H groups in total. The van der Waals surface area contributed by atoms with Gasteiger partial charge >= 0.3 is 5.97 Å². The van der Waals surface area contributed by atoms with Crippen molar-refractivity contribution < 1.29 is 14.6 Å². The highest BCUT2D eigenvalue weighted by Gasteiger charge is 2.13. The van der Waals surface area contributed by atoms with E-state index in [4.69, 9.17) is 9.84 Å². The summed E-state index contributed by atoms with van der Waals surface area (Å²) in [6.07, 6.45) is 5.21. The van der Waals surface area contributed by atoms with E-state index in [1.165, 1.54) is 6.20 Å². The quantitative estimate of drug-likeness (QED) is 0.906. The third-order valence-electron chi connectivity index (χ3n) is 2.46. The van der Waals surface area contributed by atoms with Gasteiger partial charge in [0.25, 0.3) is 0 Å². The number of aromatic carboxylic acids is 1. The van der Waals surface area contributed by atoms with Gasteiger partial charge in [-0.15, -0.1) is 0 Å². The SMILES string of the molecule is C/C=C/c1ccccc1Oc1cccnc1C(=O)O. The van der Waals surface area contributed by atoms with Crippen molar-refractivity contribution in [3.05, 3.63) is 59.9 Å². The fraction of sp³-hybridized carbons (Fsp3) is 0.0667. The Kier molecular flexibility index (Phi) is 3.93. The van der Waals surface area contributed by atoms with Crippen molar-refractivity contribution in [3.63, 3.8) is 0 Å². The summed E-state index contributed by atoms with van der Waals surface area (Å²) in [6, 6.07) is 10.6. The topological polar surface area (TPSA) is 59.4 Å². The first-order valence-electron chi connectivity index (χ1n) is 5.80. The first kappa shape index (κ1) is 12.8. The van der Waals surface area contributed by atoms with Gasteiger partial charge in [0.15, 0.2) is 11.4 Å². The molecule has 0 atom stereocenters. The number of carboxylic acid groups (broad SMARTS) is 1. The molecule has 0 aliphatic carbocycles. The van der Waals surface area contributed by atoms with E-state index in [2.05, 4.69) is 4.98 Å². The largest absolute Gasteiger partial charge is 0.476 e. The molecule has 1 aromatic carbocycles. The number of rotatable bonds is 4. The number of hydrogen-bond acceptors (Lipinski definition) is 3. The summed E-state index contributed by atoms with van der Waals surface area (Å²) in [4.78, 5) is 14.9. The maximum absolute atomic E-state index is 11.1. The van der Waals surface area contributed by atoms with E-state index in [0.717, 1.165) is 5.56 Å². The molecule has 0 aliphatic heterocycles. The van der Waals surface area contributed by atoms with Crippen LogP contribution in [0.4, 0.5) is 0 Å². The zero-order valence-corrected chi connectivity index (χ0v) is 10.4. The molecule has 1 aromatic heterocycles. The lowest BCUT2D eigenvalue weighted by atomic mass is 10.2. The molecule has 0 amide bonds. The van der Waals surface area contributed by atoms with Crippen LogP contribution in [0.5, 0.6) is 11.5 Å². The van der Waals surface area contributed by atoms with Gasteiger partial charge in [0, 0.05) is 11.8 Å². The Morgan fingerprint density at radius 3 is 2.68 bits per heavy atom. The van der Waals surface area contributed by atoms with E-state index in [9.17, 15) is 4.79 Å². The normalized spacial score (nSPS) is 10.6. The monoisotopic (exact) mass is 255 g/mol. The van der Waals surface area contributed by atoms with E-state index < -0.39 is 5.97 Å². The highest BCUT2D eigenvalue weighted by Crippen LogP contribution is 2.27. The molecule has 2 aromatic rings. The van der Waals surface area contributed by atoms with Gasteiger partial charge in [-0.25, -0.2) is 9.78 Å². The molecule has 0 aliphatic rings. The van der Waals surface area contributed by atoms with Crippen LogP contribution >= 0.6 is 0 Å². The van der Waals surface area contributed by atoms with Gasteiger partial charge in [-0.3, -0.25) is 0 Å². The lowest BCUT2D eigenvalue weighted by Crippen LogP contribution is -2.03. The number of pyridine rings is 1. The van der Waals surface area contributed by atoms with Crippen molar-refractivity contribution in [3.8, 4) is 11.5 Å². The third-order valence-corrected chi connectivity index (χ3v) is 2.46.